The molecule has 0 aromatic heterocycles. The Morgan fingerprint density at radius 1 is 1.06 bits per heavy atom. The summed E-state index contributed by atoms with van der Waals surface area (Å²) in [6.45, 7) is 9.38. The summed E-state index contributed by atoms with van der Waals surface area (Å²) in [5, 5.41) is 3.13. The van der Waals surface area contributed by atoms with E-state index in [2.05, 4.69) is 41.1 Å². The van der Waals surface area contributed by atoms with Crippen LogP contribution in [-0.4, -0.2) is 62.1 Å². The van der Waals surface area contributed by atoms with Crippen LogP contribution in [0.2, 0.25) is 0 Å². The molecule has 0 bridgehead atoms. The number of hydrogen-bond donors (Lipinski definition) is 1. The number of methoxy groups -OCH3 is 1. The fraction of sp³-hybridized carbons (Fsp3) is 0.440. The highest BCUT2D eigenvalue weighted by Gasteiger charge is 2.31. The largest absolute Gasteiger partial charge is 0.465 e. The highest BCUT2D eigenvalue weighted by Crippen LogP contribution is 2.22. The number of piperazine rings is 1. The van der Waals surface area contributed by atoms with E-state index in [1.807, 2.05) is 37.3 Å². The number of esters is 1. The maximum atomic E-state index is 12.8. The van der Waals surface area contributed by atoms with E-state index in [0.717, 1.165) is 25.3 Å². The predicted molar refractivity (Wildman–Crippen MR) is 123 cm³/mol. The lowest BCUT2D eigenvalue weighted by molar-refractivity contribution is -0.126. The summed E-state index contributed by atoms with van der Waals surface area (Å²) in [5.41, 5.74) is 2.86. The molecule has 0 saturated carbocycles. The molecule has 1 N–H and O–H groups in total. The van der Waals surface area contributed by atoms with Crippen molar-refractivity contribution in [2.75, 3.05) is 38.2 Å². The molecule has 6 nitrogen and oxygen atoms in total. The predicted octanol–water partition coefficient (Wildman–Crippen LogP) is 3.29. The quantitative estimate of drug-likeness (QED) is 0.693. The maximum absolute atomic E-state index is 12.8. The molecule has 6 heteroatoms. The second-order valence-electron chi connectivity index (χ2n) is 8.30. The molecule has 3 unspecified atom stereocenters. The van der Waals surface area contributed by atoms with Gasteiger partial charge in [0.05, 0.1) is 18.7 Å². The number of ether oxygens (including phenoxy) is 1. The summed E-state index contributed by atoms with van der Waals surface area (Å²) >= 11 is 0. The molecule has 0 spiro atoms. The first kappa shape index (κ1) is 22.8. The lowest BCUT2D eigenvalue weighted by Crippen LogP contribution is -2.58. The third kappa shape index (κ3) is 5.64. The van der Waals surface area contributed by atoms with Crippen molar-refractivity contribution in [3.63, 3.8) is 0 Å². The summed E-state index contributed by atoms with van der Waals surface area (Å²) in [5.74, 6) is 0.0243. The third-order valence-corrected chi connectivity index (χ3v) is 6.16. The van der Waals surface area contributed by atoms with Gasteiger partial charge in [-0.3, -0.25) is 9.69 Å². The van der Waals surface area contributed by atoms with Gasteiger partial charge in [0.15, 0.2) is 0 Å². The minimum Gasteiger partial charge on any atom is -0.465 e. The van der Waals surface area contributed by atoms with E-state index in [-0.39, 0.29) is 29.9 Å². The molecule has 0 aliphatic carbocycles. The normalized spacial score (nSPS) is 18.8. The van der Waals surface area contributed by atoms with Crippen LogP contribution in [0, 0.1) is 0 Å². The van der Waals surface area contributed by atoms with Gasteiger partial charge in [-0.15, -0.1) is 0 Å². The molecular formula is C25H33N3O3. The van der Waals surface area contributed by atoms with Gasteiger partial charge in [-0.25, -0.2) is 4.79 Å². The standard InChI is InChI=1S/C25H33N3O3/c1-18(21-8-6-5-7-9-21)16-26-24(29)20(3)28-15-14-27(17-19(28)2)23-12-10-22(11-13-23)25(30)31-4/h5-13,18-20H,14-17H2,1-4H3,(H,26,29). The topological polar surface area (TPSA) is 61.9 Å². The lowest BCUT2D eigenvalue weighted by atomic mass is 10.0. The Morgan fingerprint density at radius 3 is 2.35 bits per heavy atom. The molecule has 2 aromatic rings. The fourth-order valence-corrected chi connectivity index (χ4v) is 4.16. The molecule has 31 heavy (non-hydrogen) atoms. The van der Waals surface area contributed by atoms with Gasteiger partial charge in [0.2, 0.25) is 5.91 Å². The van der Waals surface area contributed by atoms with Crippen molar-refractivity contribution in [3.05, 3.63) is 65.7 Å². The number of nitrogens with zero attached hydrogens (tertiary/aromatic N) is 2. The van der Waals surface area contributed by atoms with E-state index in [0.29, 0.717) is 12.1 Å². The molecule has 1 amide bonds. The number of amides is 1. The van der Waals surface area contributed by atoms with Crippen LogP contribution in [0.5, 0.6) is 0 Å². The van der Waals surface area contributed by atoms with E-state index >= 15 is 0 Å². The summed E-state index contributed by atoms with van der Waals surface area (Å²) in [7, 11) is 1.39. The lowest BCUT2D eigenvalue weighted by Gasteiger charge is -2.43. The minimum atomic E-state index is -0.328. The summed E-state index contributed by atoms with van der Waals surface area (Å²) in [6, 6.07) is 17.8. The van der Waals surface area contributed by atoms with Crippen molar-refractivity contribution in [3.8, 4) is 0 Å². The first-order valence-corrected chi connectivity index (χ1v) is 10.9. The number of carbonyl (C=O) groups excluding carboxylic acids is 2. The molecule has 1 heterocycles. The van der Waals surface area contributed by atoms with Crippen LogP contribution in [0.1, 0.15) is 42.6 Å². The van der Waals surface area contributed by atoms with Crippen molar-refractivity contribution < 1.29 is 14.3 Å². The molecule has 0 radical (unpaired) electrons. The van der Waals surface area contributed by atoms with Crippen LogP contribution in [0.4, 0.5) is 5.69 Å². The van der Waals surface area contributed by atoms with Crippen LogP contribution in [0.15, 0.2) is 54.6 Å². The Morgan fingerprint density at radius 2 is 1.74 bits per heavy atom. The molecule has 3 rings (SSSR count). The van der Waals surface area contributed by atoms with Crippen LogP contribution < -0.4 is 10.2 Å². The van der Waals surface area contributed by atoms with Crippen molar-refractivity contribution >= 4 is 17.6 Å². The van der Waals surface area contributed by atoms with E-state index in [1.165, 1.54) is 12.7 Å². The zero-order valence-electron chi connectivity index (χ0n) is 18.9. The van der Waals surface area contributed by atoms with E-state index in [1.54, 1.807) is 12.1 Å². The number of hydrogen-bond acceptors (Lipinski definition) is 5. The van der Waals surface area contributed by atoms with Crippen molar-refractivity contribution in [1.29, 1.82) is 0 Å². The Balaban J connectivity index is 1.52. The Bertz CT molecular complexity index is 869. The minimum absolute atomic E-state index is 0.0745. The molecule has 3 atom stereocenters. The number of rotatable bonds is 7. The van der Waals surface area contributed by atoms with Crippen LogP contribution in [-0.2, 0) is 9.53 Å². The molecule has 2 aromatic carbocycles. The zero-order valence-corrected chi connectivity index (χ0v) is 18.9. The SMILES string of the molecule is COC(=O)c1ccc(N2CCN(C(C)C(=O)NCC(C)c3ccccc3)C(C)C2)cc1. The maximum Gasteiger partial charge on any atom is 0.337 e. The number of nitrogens with one attached hydrogen (secondary N) is 1. The van der Waals surface area contributed by atoms with Crippen molar-refractivity contribution in [2.45, 2.75) is 38.8 Å². The van der Waals surface area contributed by atoms with Gasteiger partial charge in [-0.1, -0.05) is 37.3 Å². The van der Waals surface area contributed by atoms with Gasteiger partial charge in [0, 0.05) is 37.9 Å². The summed E-state index contributed by atoms with van der Waals surface area (Å²) in [6.07, 6.45) is 0. The molecule has 1 saturated heterocycles. The number of anilines is 1. The smallest absolute Gasteiger partial charge is 0.337 e. The van der Waals surface area contributed by atoms with Crippen LogP contribution >= 0.6 is 0 Å². The number of benzene rings is 2. The van der Waals surface area contributed by atoms with Crippen LogP contribution in [0.25, 0.3) is 0 Å². The first-order chi connectivity index (χ1) is 14.9. The van der Waals surface area contributed by atoms with E-state index < -0.39 is 0 Å². The molecule has 1 aliphatic rings. The van der Waals surface area contributed by atoms with Gasteiger partial charge in [-0.2, -0.15) is 0 Å². The fourth-order valence-electron chi connectivity index (χ4n) is 4.16. The highest BCUT2D eigenvalue weighted by molar-refractivity contribution is 5.89. The van der Waals surface area contributed by atoms with Gasteiger partial charge < -0.3 is 15.0 Å². The average Bonchev–Trinajstić information content (AvgIpc) is 2.81. The van der Waals surface area contributed by atoms with Gasteiger partial charge in [0.25, 0.3) is 0 Å². The van der Waals surface area contributed by atoms with Crippen molar-refractivity contribution in [1.82, 2.24) is 10.2 Å². The molecule has 1 fully saturated rings. The number of carbonyl (C=O) groups is 2. The average molecular weight is 424 g/mol. The second-order valence-corrected chi connectivity index (χ2v) is 8.30. The first-order valence-electron chi connectivity index (χ1n) is 10.9. The molecule has 1 aliphatic heterocycles. The van der Waals surface area contributed by atoms with E-state index in [4.69, 9.17) is 4.74 Å². The Kier molecular flexibility index (Phi) is 7.69. The molecule has 166 valence electrons. The molecular weight excluding hydrogens is 390 g/mol. The van der Waals surface area contributed by atoms with Gasteiger partial charge >= 0.3 is 5.97 Å². The summed E-state index contributed by atoms with van der Waals surface area (Å²) < 4.78 is 4.76. The Hall–Kier alpha value is -2.86. The highest BCUT2D eigenvalue weighted by atomic mass is 16.5. The second kappa shape index (κ2) is 10.4. The Labute approximate surface area is 185 Å². The summed E-state index contributed by atoms with van der Waals surface area (Å²) in [4.78, 5) is 29.0. The van der Waals surface area contributed by atoms with Crippen molar-refractivity contribution in [2.24, 2.45) is 0 Å². The zero-order chi connectivity index (χ0) is 22.4. The van der Waals surface area contributed by atoms with E-state index in [9.17, 15) is 9.59 Å². The monoisotopic (exact) mass is 423 g/mol. The van der Waals surface area contributed by atoms with Gasteiger partial charge in [-0.05, 0) is 49.6 Å². The third-order valence-electron chi connectivity index (χ3n) is 6.16. The van der Waals surface area contributed by atoms with Gasteiger partial charge in [0.1, 0.15) is 0 Å². The van der Waals surface area contributed by atoms with Crippen LogP contribution in [0.3, 0.4) is 0 Å².